The molecule has 3 atom stereocenters. The summed E-state index contributed by atoms with van der Waals surface area (Å²) in [5.41, 5.74) is 0. The van der Waals surface area contributed by atoms with Crippen molar-refractivity contribution in [3.8, 4) is 0 Å². The van der Waals surface area contributed by atoms with Crippen LogP contribution in [0.4, 0.5) is 0 Å². The van der Waals surface area contributed by atoms with E-state index in [1.165, 1.54) is 18.6 Å². The molecule has 90 valence electrons. The van der Waals surface area contributed by atoms with Gasteiger partial charge in [-0.3, -0.25) is 4.79 Å². The largest absolute Gasteiger partial charge is 0.475 e. The molecule has 1 heterocycles. The predicted molar refractivity (Wildman–Crippen MR) is 58.9 cm³/mol. The summed E-state index contributed by atoms with van der Waals surface area (Å²) < 4.78 is 5.08. The molecule has 0 aromatic carbocycles. The molecule has 1 N–H and O–H groups in total. The van der Waals surface area contributed by atoms with Crippen molar-refractivity contribution in [1.82, 2.24) is 0 Å². The molecule has 0 radical (unpaired) electrons. The van der Waals surface area contributed by atoms with Gasteiger partial charge < -0.3 is 9.52 Å². The Balaban J connectivity index is 1.79. The molecular formula is C13H14O4. The Morgan fingerprint density at radius 3 is 2.47 bits per heavy atom. The molecular weight excluding hydrogens is 220 g/mol. The number of aromatic carboxylic acids is 1. The highest BCUT2D eigenvalue weighted by Gasteiger charge is 2.43. The van der Waals surface area contributed by atoms with Crippen molar-refractivity contribution in [3.05, 3.63) is 23.7 Å². The van der Waals surface area contributed by atoms with Crippen molar-refractivity contribution in [3.63, 3.8) is 0 Å². The van der Waals surface area contributed by atoms with Crippen LogP contribution < -0.4 is 0 Å². The number of carbonyl (C=O) groups excluding carboxylic acids is 1. The van der Waals surface area contributed by atoms with Gasteiger partial charge in [-0.2, -0.15) is 0 Å². The Morgan fingerprint density at radius 2 is 1.94 bits per heavy atom. The van der Waals surface area contributed by atoms with E-state index in [1.54, 1.807) is 0 Å². The van der Waals surface area contributed by atoms with E-state index in [1.807, 2.05) is 0 Å². The third kappa shape index (κ3) is 1.68. The number of Topliss-reactive ketones (excluding diaryl/α,β-unsaturated/α-hetero) is 1. The molecule has 2 aliphatic rings. The van der Waals surface area contributed by atoms with Crippen LogP contribution in [0.1, 0.15) is 46.8 Å². The lowest BCUT2D eigenvalue weighted by Gasteiger charge is -2.18. The highest BCUT2D eigenvalue weighted by Crippen LogP contribution is 2.49. The topological polar surface area (TPSA) is 67.5 Å². The van der Waals surface area contributed by atoms with Crippen LogP contribution in [0.5, 0.6) is 0 Å². The van der Waals surface area contributed by atoms with Crippen molar-refractivity contribution in [2.45, 2.75) is 25.7 Å². The van der Waals surface area contributed by atoms with E-state index in [0.717, 1.165) is 19.3 Å². The maximum absolute atomic E-state index is 12.2. The quantitative estimate of drug-likeness (QED) is 0.816. The zero-order chi connectivity index (χ0) is 12.0. The molecule has 17 heavy (non-hydrogen) atoms. The molecule has 4 nitrogen and oxygen atoms in total. The second-order valence-electron chi connectivity index (χ2n) is 5.11. The summed E-state index contributed by atoms with van der Waals surface area (Å²) in [6.45, 7) is 0. The van der Waals surface area contributed by atoms with Gasteiger partial charge in [-0.05, 0) is 43.2 Å². The van der Waals surface area contributed by atoms with Gasteiger partial charge in [-0.1, -0.05) is 6.42 Å². The summed E-state index contributed by atoms with van der Waals surface area (Å²) in [5, 5.41) is 8.75. The zero-order valence-electron chi connectivity index (χ0n) is 9.39. The maximum Gasteiger partial charge on any atom is 0.371 e. The van der Waals surface area contributed by atoms with E-state index in [-0.39, 0.29) is 23.2 Å². The Hall–Kier alpha value is -1.58. The number of carboxylic acids is 1. The van der Waals surface area contributed by atoms with Gasteiger partial charge in [-0.25, -0.2) is 4.79 Å². The van der Waals surface area contributed by atoms with E-state index in [0.29, 0.717) is 11.8 Å². The second kappa shape index (κ2) is 3.72. The number of hydrogen-bond acceptors (Lipinski definition) is 3. The Kier molecular flexibility index (Phi) is 2.31. The standard InChI is InChI=1S/C13H14O4/c14-12(9-6-7-1-2-8(9)5-7)10-3-4-11(17-10)13(15)16/h3-4,7-9H,1-2,5-6H2,(H,15,16). The van der Waals surface area contributed by atoms with Gasteiger partial charge in [0.1, 0.15) is 0 Å². The lowest BCUT2D eigenvalue weighted by molar-refractivity contribution is 0.0658. The van der Waals surface area contributed by atoms with Crippen molar-refractivity contribution < 1.29 is 19.1 Å². The normalized spacial score (nSPS) is 30.7. The summed E-state index contributed by atoms with van der Waals surface area (Å²) in [6.07, 6.45) is 4.48. The van der Waals surface area contributed by atoms with Crippen molar-refractivity contribution >= 4 is 11.8 Å². The van der Waals surface area contributed by atoms with Gasteiger partial charge in [0.15, 0.2) is 5.76 Å². The smallest absolute Gasteiger partial charge is 0.371 e. The zero-order valence-corrected chi connectivity index (χ0v) is 9.39. The van der Waals surface area contributed by atoms with Crippen LogP contribution in [0.15, 0.2) is 16.5 Å². The van der Waals surface area contributed by atoms with Crippen LogP contribution in [0.2, 0.25) is 0 Å². The molecule has 4 heteroatoms. The molecule has 2 bridgehead atoms. The molecule has 0 amide bonds. The first-order valence-corrected chi connectivity index (χ1v) is 6.02. The van der Waals surface area contributed by atoms with Crippen LogP contribution in [-0.4, -0.2) is 16.9 Å². The van der Waals surface area contributed by atoms with E-state index in [9.17, 15) is 9.59 Å². The first-order chi connectivity index (χ1) is 8.15. The molecule has 2 fully saturated rings. The average Bonchev–Trinajstić information content (AvgIpc) is 3.03. The number of hydrogen-bond donors (Lipinski definition) is 1. The van der Waals surface area contributed by atoms with Crippen LogP contribution >= 0.6 is 0 Å². The number of carboxylic acid groups (broad SMARTS) is 1. The molecule has 3 unspecified atom stereocenters. The fraction of sp³-hybridized carbons (Fsp3) is 0.538. The van der Waals surface area contributed by atoms with Gasteiger partial charge in [0.05, 0.1) is 0 Å². The molecule has 1 aromatic heterocycles. The Labute approximate surface area is 98.6 Å². The molecule has 2 aliphatic carbocycles. The Morgan fingerprint density at radius 1 is 1.18 bits per heavy atom. The molecule has 1 aromatic rings. The van der Waals surface area contributed by atoms with Crippen molar-refractivity contribution in [1.29, 1.82) is 0 Å². The summed E-state index contributed by atoms with van der Waals surface area (Å²) in [6, 6.07) is 2.83. The number of carbonyl (C=O) groups is 2. The van der Waals surface area contributed by atoms with E-state index in [2.05, 4.69) is 0 Å². The minimum atomic E-state index is -1.13. The van der Waals surface area contributed by atoms with Crippen LogP contribution in [0, 0.1) is 17.8 Å². The number of ketones is 1. The third-order valence-electron chi connectivity index (χ3n) is 4.13. The summed E-state index contributed by atoms with van der Waals surface area (Å²) >= 11 is 0. The summed E-state index contributed by atoms with van der Waals surface area (Å²) in [4.78, 5) is 22.9. The van der Waals surface area contributed by atoms with Crippen LogP contribution in [0.3, 0.4) is 0 Å². The molecule has 0 saturated heterocycles. The van der Waals surface area contributed by atoms with E-state index >= 15 is 0 Å². The maximum atomic E-state index is 12.2. The molecule has 3 rings (SSSR count). The average molecular weight is 234 g/mol. The minimum absolute atomic E-state index is 0.00954. The monoisotopic (exact) mass is 234 g/mol. The summed E-state index contributed by atoms with van der Waals surface area (Å²) in [5.74, 6) is 0.161. The number of rotatable bonds is 3. The summed E-state index contributed by atoms with van der Waals surface area (Å²) in [7, 11) is 0. The second-order valence-corrected chi connectivity index (χ2v) is 5.11. The number of furan rings is 1. The molecule has 0 aliphatic heterocycles. The fourth-order valence-electron chi connectivity index (χ4n) is 3.33. The van der Waals surface area contributed by atoms with Gasteiger partial charge >= 0.3 is 5.97 Å². The highest BCUT2D eigenvalue weighted by molar-refractivity contribution is 5.97. The van der Waals surface area contributed by atoms with E-state index in [4.69, 9.17) is 9.52 Å². The lowest BCUT2D eigenvalue weighted by atomic mass is 9.85. The predicted octanol–water partition coefficient (Wildman–Crippen LogP) is 2.60. The van der Waals surface area contributed by atoms with Gasteiger partial charge in [0.2, 0.25) is 11.5 Å². The Bertz CT molecular complexity index is 474. The third-order valence-corrected chi connectivity index (χ3v) is 4.13. The lowest BCUT2D eigenvalue weighted by Crippen LogP contribution is -2.20. The molecule has 2 saturated carbocycles. The molecule has 0 spiro atoms. The first-order valence-electron chi connectivity index (χ1n) is 6.02. The van der Waals surface area contributed by atoms with Gasteiger partial charge in [-0.15, -0.1) is 0 Å². The van der Waals surface area contributed by atoms with Gasteiger partial charge in [0, 0.05) is 5.92 Å². The van der Waals surface area contributed by atoms with Crippen LogP contribution in [0.25, 0.3) is 0 Å². The fourth-order valence-corrected chi connectivity index (χ4v) is 3.33. The SMILES string of the molecule is O=C(O)c1ccc(C(=O)C2CC3CCC2C3)o1. The highest BCUT2D eigenvalue weighted by atomic mass is 16.4. The van der Waals surface area contributed by atoms with E-state index < -0.39 is 5.97 Å². The van der Waals surface area contributed by atoms with Gasteiger partial charge in [0.25, 0.3) is 0 Å². The van der Waals surface area contributed by atoms with Crippen molar-refractivity contribution in [2.24, 2.45) is 17.8 Å². The minimum Gasteiger partial charge on any atom is -0.475 e. The number of fused-ring (bicyclic) bond motifs is 2. The first kappa shape index (κ1) is 10.6. The van der Waals surface area contributed by atoms with Crippen molar-refractivity contribution in [2.75, 3.05) is 0 Å². The van der Waals surface area contributed by atoms with Crippen LogP contribution in [-0.2, 0) is 0 Å².